The number of para-hydroxylation sites is 1. The van der Waals surface area contributed by atoms with Crippen molar-refractivity contribution >= 4 is 16.9 Å². The van der Waals surface area contributed by atoms with Crippen LogP contribution in [0.4, 0.5) is 0 Å². The number of ether oxygens (including phenoxy) is 4. The van der Waals surface area contributed by atoms with Gasteiger partial charge in [-0.1, -0.05) is 18.2 Å². The molecule has 0 bridgehead atoms. The lowest BCUT2D eigenvalue weighted by atomic mass is 10.1. The van der Waals surface area contributed by atoms with Gasteiger partial charge in [-0.2, -0.15) is 0 Å². The van der Waals surface area contributed by atoms with Gasteiger partial charge in [-0.25, -0.2) is 4.79 Å². The molecule has 0 fully saturated rings. The second kappa shape index (κ2) is 7.39. The molecular weight excluding hydrogens is 336 g/mol. The van der Waals surface area contributed by atoms with Crippen LogP contribution in [0, 0.1) is 6.92 Å². The third kappa shape index (κ3) is 3.18. The summed E-state index contributed by atoms with van der Waals surface area (Å²) in [5.74, 6) is 1.27. The van der Waals surface area contributed by atoms with E-state index in [1.165, 1.54) is 14.2 Å². The third-order valence-electron chi connectivity index (χ3n) is 4.17. The average Bonchev–Trinajstić information content (AvgIpc) is 3.02. The van der Waals surface area contributed by atoms with Crippen LogP contribution in [0.1, 0.15) is 21.7 Å². The second-order valence-electron chi connectivity index (χ2n) is 5.65. The zero-order chi connectivity index (χ0) is 18.7. The zero-order valence-corrected chi connectivity index (χ0v) is 15.1. The van der Waals surface area contributed by atoms with Crippen LogP contribution in [0.25, 0.3) is 11.0 Å². The van der Waals surface area contributed by atoms with Gasteiger partial charge in [0.15, 0.2) is 11.5 Å². The van der Waals surface area contributed by atoms with E-state index in [1.807, 2.05) is 31.2 Å². The van der Waals surface area contributed by atoms with E-state index in [4.69, 9.17) is 23.4 Å². The Hall–Kier alpha value is -3.15. The van der Waals surface area contributed by atoms with E-state index >= 15 is 0 Å². The molecule has 26 heavy (non-hydrogen) atoms. The van der Waals surface area contributed by atoms with Crippen LogP contribution in [0.15, 0.2) is 40.8 Å². The average molecular weight is 356 g/mol. The van der Waals surface area contributed by atoms with Gasteiger partial charge >= 0.3 is 5.97 Å². The SMILES string of the molecule is COc1cc(OC)c(OC)cc1COC(=O)c1oc2ccccc2c1C. The van der Waals surface area contributed by atoms with E-state index in [1.54, 1.807) is 19.2 Å². The zero-order valence-electron chi connectivity index (χ0n) is 15.1. The second-order valence-corrected chi connectivity index (χ2v) is 5.65. The molecule has 1 heterocycles. The molecule has 6 heteroatoms. The molecule has 6 nitrogen and oxygen atoms in total. The lowest BCUT2D eigenvalue weighted by Crippen LogP contribution is -2.07. The fraction of sp³-hybridized carbons (Fsp3) is 0.250. The molecule has 0 saturated carbocycles. The first kappa shape index (κ1) is 17.7. The van der Waals surface area contributed by atoms with Crippen LogP contribution >= 0.6 is 0 Å². The predicted octanol–water partition coefficient (Wildman–Crippen LogP) is 4.12. The summed E-state index contributed by atoms with van der Waals surface area (Å²) in [5.41, 5.74) is 2.07. The van der Waals surface area contributed by atoms with Gasteiger partial charge in [-0.05, 0) is 19.1 Å². The van der Waals surface area contributed by atoms with Crippen molar-refractivity contribution in [1.29, 1.82) is 0 Å². The lowest BCUT2D eigenvalue weighted by molar-refractivity contribution is 0.0434. The minimum absolute atomic E-state index is 0.0127. The Morgan fingerprint density at radius 2 is 1.62 bits per heavy atom. The molecule has 1 aromatic heterocycles. The van der Waals surface area contributed by atoms with E-state index in [0.29, 0.717) is 28.4 Å². The highest BCUT2D eigenvalue weighted by Gasteiger charge is 2.20. The maximum Gasteiger partial charge on any atom is 0.374 e. The molecule has 0 aliphatic rings. The highest BCUT2D eigenvalue weighted by atomic mass is 16.5. The van der Waals surface area contributed by atoms with Gasteiger partial charge in [0.05, 0.1) is 21.3 Å². The highest BCUT2D eigenvalue weighted by molar-refractivity contribution is 5.95. The predicted molar refractivity (Wildman–Crippen MR) is 96.2 cm³/mol. The quantitative estimate of drug-likeness (QED) is 0.619. The molecule has 0 radical (unpaired) electrons. The fourth-order valence-corrected chi connectivity index (χ4v) is 2.78. The normalized spacial score (nSPS) is 10.6. The van der Waals surface area contributed by atoms with Crippen LogP contribution in [0.5, 0.6) is 17.2 Å². The van der Waals surface area contributed by atoms with Gasteiger partial charge in [0, 0.05) is 22.6 Å². The first-order valence-corrected chi connectivity index (χ1v) is 8.03. The molecule has 2 aromatic carbocycles. The van der Waals surface area contributed by atoms with Crippen molar-refractivity contribution in [1.82, 2.24) is 0 Å². The van der Waals surface area contributed by atoms with Crippen molar-refractivity contribution in [3.8, 4) is 17.2 Å². The largest absolute Gasteiger partial charge is 0.496 e. The summed E-state index contributed by atoms with van der Waals surface area (Å²) in [6.45, 7) is 1.85. The number of fused-ring (bicyclic) bond motifs is 1. The monoisotopic (exact) mass is 356 g/mol. The number of esters is 1. The molecule has 0 spiro atoms. The van der Waals surface area contributed by atoms with Gasteiger partial charge in [-0.15, -0.1) is 0 Å². The summed E-state index contributed by atoms with van der Waals surface area (Å²) in [7, 11) is 4.62. The fourth-order valence-electron chi connectivity index (χ4n) is 2.78. The Bertz CT molecular complexity index is 941. The van der Waals surface area contributed by atoms with E-state index in [0.717, 1.165) is 10.9 Å². The number of carbonyl (C=O) groups is 1. The Morgan fingerprint density at radius 3 is 2.27 bits per heavy atom. The Balaban J connectivity index is 1.83. The standard InChI is InChI=1S/C20H20O6/c1-12-14-7-5-6-8-15(14)26-19(12)20(21)25-11-13-9-17(23-3)18(24-4)10-16(13)22-2/h5-10H,11H2,1-4H3. The number of furan rings is 1. The lowest BCUT2D eigenvalue weighted by Gasteiger charge is -2.14. The van der Waals surface area contributed by atoms with Crippen LogP contribution < -0.4 is 14.2 Å². The third-order valence-corrected chi connectivity index (χ3v) is 4.17. The van der Waals surface area contributed by atoms with Crippen molar-refractivity contribution < 1.29 is 28.2 Å². The van der Waals surface area contributed by atoms with Crippen LogP contribution in [-0.2, 0) is 11.3 Å². The number of carbonyl (C=O) groups excluding carboxylic acids is 1. The Labute approximate surface area is 151 Å². The minimum atomic E-state index is -0.532. The number of hydrogen-bond acceptors (Lipinski definition) is 6. The van der Waals surface area contributed by atoms with E-state index in [2.05, 4.69) is 0 Å². The summed E-state index contributed by atoms with van der Waals surface area (Å²) >= 11 is 0. The Kier molecular flexibility index (Phi) is 5.02. The summed E-state index contributed by atoms with van der Waals surface area (Å²) < 4.78 is 27.0. The first-order valence-electron chi connectivity index (χ1n) is 8.03. The number of methoxy groups -OCH3 is 3. The van der Waals surface area contributed by atoms with Gasteiger partial charge < -0.3 is 23.4 Å². The topological polar surface area (TPSA) is 67.1 Å². The van der Waals surface area contributed by atoms with Crippen molar-refractivity contribution in [3.05, 3.63) is 53.3 Å². The van der Waals surface area contributed by atoms with Gasteiger partial charge in [0.1, 0.15) is 17.9 Å². The van der Waals surface area contributed by atoms with Crippen molar-refractivity contribution in [3.63, 3.8) is 0 Å². The summed E-state index contributed by atoms with van der Waals surface area (Å²) in [5, 5.41) is 0.892. The van der Waals surface area contributed by atoms with Gasteiger partial charge in [-0.3, -0.25) is 0 Å². The molecule has 3 aromatic rings. The van der Waals surface area contributed by atoms with E-state index < -0.39 is 5.97 Å². The molecule has 0 aliphatic heterocycles. The van der Waals surface area contributed by atoms with Crippen molar-refractivity contribution in [2.75, 3.05) is 21.3 Å². The van der Waals surface area contributed by atoms with Crippen LogP contribution in [0.2, 0.25) is 0 Å². The summed E-state index contributed by atoms with van der Waals surface area (Å²) in [6, 6.07) is 10.9. The number of benzene rings is 2. The molecule has 0 atom stereocenters. The highest BCUT2D eigenvalue weighted by Crippen LogP contribution is 2.35. The van der Waals surface area contributed by atoms with Gasteiger partial charge in [0.2, 0.25) is 5.76 Å². The number of rotatable bonds is 6. The Morgan fingerprint density at radius 1 is 0.962 bits per heavy atom. The summed E-state index contributed by atoms with van der Waals surface area (Å²) in [4.78, 5) is 12.5. The van der Waals surface area contributed by atoms with Gasteiger partial charge in [0.25, 0.3) is 0 Å². The summed E-state index contributed by atoms with van der Waals surface area (Å²) in [6.07, 6.45) is 0. The van der Waals surface area contributed by atoms with Crippen LogP contribution in [-0.4, -0.2) is 27.3 Å². The molecule has 3 rings (SSSR count). The minimum Gasteiger partial charge on any atom is -0.496 e. The smallest absolute Gasteiger partial charge is 0.374 e. The van der Waals surface area contributed by atoms with Crippen molar-refractivity contribution in [2.24, 2.45) is 0 Å². The van der Waals surface area contributed by atoms with E-state index in [9.17, 15) is 4.79 Å². The molecule has 0 saturated heterocycles. The first-order chi connectivity index (χ1) is 12.6. The molecule has 136 valence electrons. The van der Waals surface area contributed by atoms with Crippen molar-refractivity contribution in [2.45, 2.75) is 13.5 Å². The number of aryl methyl sites for hydroxylation is 1. The van der Waals surface area contributed by atoms with E-state index in [-0.39, 0.29) is 12.4 Å². The maximum atomic E-state index is 12.5. The molecule has 0 N–H and O–H groups in total. The number of hydrogen-bond donors (Lipinski definition) is 0. The maximum absolute atomic E-state index is 12.5. The van der Waals surface area contributed by atoms with Crippen LogP contribution in [0.3, 0.4) is 0 Å². The molecule has 0 amide bonds. The molecule has 0 aliphatic carbocycles. The molecule has 0 unspecified atom stereocenters. The molecular formula is C20H20O6.